The minimum absolute atomic E-state index is 0. The minimum Gasteiger partial charge on any atom is -1.00 e. The van der Waals surface area contributed by atoms with Gasteiger partial charge in [-0.3, -0.25) is 0 Å². The van der Waals surface area contributed by atoms with Crippen LogP contribution in [0.15, 0.2) is 0 Å². The fraction of sp³-hybridized carbons (Fsp3) is 1.00. The second kappa shape index (κ2) is 12.7. The summed E-state index contributed by atoms with van der Waals surface area (Å²) in [6.45, 7) is 0. The molecule has 0 heterocycles. The van der Waals surface area contributed by atoms with Crippen molar-refractivity contribution in [2.45, 2.75) is 19.3 Å². The molecule has 0 aromatic carbocycles. The van der Waals surface area contributed by atoms with Crippen molar-refractivity contribution in [1.29, 1.82) is 0 Å². The molecule has 16 heteroatoms. The third-order valence-electron chi connectivity index (χ3n) is 0.354. The van der Waals surface area contributed by atoms with Crippen LogP contribution in [0.5, 0.6) is 0 Å². The SMILES string of the molecule is C1CC1.F[B-](F)(F)F.F[B-](F)(F)F.F[B-](F)(F)F.[H-].[K+]. The fourth-order valence-corrected chi connectivity index (χ4v) is 0. The quantitative estimate of drug-likeness (QED) is 0.468. The van der Waals surface area contributed by atoms with Crippen LogP contribution >= 0.6 is 0 Å². The second-order valence-electron chi connectivity index (χ2n) is 2.55. The van der Waals surface area contributed by atoms with E-state index in [-0.39, 0.29) is 52.8 Å². The van der Waals surface area contributed by atoms with E-state index in [1.54, 1.807) is 0 Å². The molecular weight excluding hydrogens is 336 g/mol. The Hall–Kier alpha value is 0.991. The molecule has 0 aromatic rings. The van der Waals surface area contributed by atoms with Gasteiger partial charge in [0.1, 0.15) is 0 Å². The van der Waals surface area contributed by atoms with E-state index in [1.807, 2.05) is 0 Å². The molecule has 0 aliphatic heterocycles. The van der Waals surface area contributed by atoms with E-state index in [0.29, 0.717) is 0 Å². The van der Waals surface area contributed by atoms with Gasteiger partial charge in [-0.05, 0) is 0 Å². The maximum absolute atomic E-state index is 9.75. The number of halogens is 12. The summed E-state index contributed by atoms with van der Waals surface area (Å²) in [7, 11) is -18.0. The molecule has 0 amide bonds. The molecule has 0 radical (unpaired) electrons. The van der Waals surface area contributed by atoms with Crippen LogP contribution in [0.1, 0.15) is 20.7 Å². The Bertz CT molecular complexity index is 139. The normalized spacial score (nSPS) is 13.3. The third kappa shape index (κ3) is 1380. The average Bonchev–Trinajstić information content (AvgIpc) is 2.49. The van der Waals surface area contributed by atoms with Crippen LogP contribution in [0.25, 0.3) is 0 Å². The van der Waals surface area contributed by atoms with Gasteiger partial charge in [0.25, 0.3) is 0 Å². The summed E-state index contributed by atoms with van der Waals surface area (Å²) in [5.74, 6) is 0. The molecule has 0 unspecified atom stereocenters. The molecule has 0 nitrogen and oxygen atoms in total. The van der Waals surface area contributed by atoms with Gasteiger partial charge in [-0.15, -0.1) is 0 Å². The molecule has 0 bridgehead atoms. The van der Waals surface area contributed by atoms with Gasteiger partial charge in [0.05, 0.1) is 0 Å². The van der Waals surface area contributed by atoms with Crippen molar-refractivity contribution in [3.8, 4) is 0 Å². The summed E-state index contributed by atoms with van der Waals surface area (Å²) < 4.78 is 117. The van der Waals surface area contributed by atoms with Gasteiger partial charge in [-0.1, -0.05) is 19.3 Å². The Morgan fingerprint density at radius 2 is 0.474 bits per heavy atom. The number of hydrogen-bond donors (Lipinski definition) is 0. The second-order valence-corrected chi connectivity index (χ2v) is 2.55. The Morgan fingerprint density at radius 3 is 0.474 bits per heavy atom. The van der Waals surface area contributed by atoms with Gasteiger partial charge in [0, 0.05) is 0 Å². The minimum atomic E-state index is -6.00. The zero-order valence-corrected chi connectivity index (χ0v) is 12.5. The molecule has 1 saturated carbocycles. The summed E-state index contributed by atoms with van der Waals surface area (Å²) in [5, 5.41) is 0. The van der Waals surface area contributed by atoms with Gasteiger partial charge in [-0.25, -0.2) is 0 Å². The smallest absolute Gasteiger partial charge is 1.00 e. The largest absolute Gasteiger partial charge is 1.00 e. The maximum Gasteiger partial charge on any atom is 1.00 e. The van der Waals surface area contributed by atoms with Crippen LogP contribution in [0.3, 0.4) is 0 Å². The summed E-state index contributed by atoms with van der Waals surface area (Å²) in [6.07, 6.45) is 4.50. The number of hydrogen-bond acceptors (Lipinski definition) is 0. The monoisotopic (exact) mass is 343 g/mol. The van der Waals surface area contributed by atoms with E-state index < -0.39 is 21.8 Å². The van der Waals surface area contributed by atoms with Gasteiger partial charge in [0.15, 0.2) is 0 Å². The van der Waals surface area contributed by atoms with Crippen LogP contribution in [0.2, 0.25) is 0 Å². The number of rotatable bonds is 0. The summed E-state index contributed by atoms with van der Waals surface area (Å²) >= 11 is 0. The first-order valence-corrected chi connectivity index (χ1v) is 4.12. The van der Waals surface area contributed by atoms with E-state index in [4.69, 9.17) is 0 Å². The maximum atomic E-state index is 9.75. The van der Waals surface area contributed by atoms with E-state index in [0.717, 1.165) is 0 Å². The van der Waals surface area contributed by atoms with Crippen molar-refractivity contribution in [3.63, 3.8) is 0 Å². The van der Waals surface area contributed by atoms with Crippen molar-refractivity contribution in [1.82, 2.24) is 0 Å². The van der Waals surface area contributed by atoms with Crippen LogP contribution in [0, 0.1) is 0 Å². The third-order valence-corrected chi connectivity index (χ3v) is 0.354. The van der Waals surface area contributed by atoms with E-state index in [2.05, 4.69) is 0 Å². The van der Waals surface area contributed by atoms with Crippen molar-refractivity contribution >= 4 is 21.8 Å². The van der Waals surface area contributed by atoms with Crippen molar-refractivity contribution in [2.75, 3.05) is 0 Å². The predicted molar refractivity (Wildman–Crippen MR) is 45.5 cm³/mol. The molecule has 116 valence electrons. The van der Waals surface area contributed by atoms with Gasteiger partial charge >= 0.3 is 73.1 Å². The standard InChI is InChI=1S/C3H6.3BF4.K.H/c1-2-3-1;3*2-1(3,4)5;;/h1-3H2;;;;;/q;3*-1;+1;-1. The molecule has 19 heavy (non-hydrogen) atoms. The Kier molecular flexibility index (Phi) is 18.9. The summed E-state index contributed by atoms with van der Waals surface area (Å²) in [4.78, 5) is 0. The first-order chi connectivity index (χ1) is 7.50. The summed E-state index contributed by atoms with van der Waals surface area (Å²) in [6, 6.07) is 0. The van der Waals surface area contributed by atoms with E-state index in [1.165, 1.54) is 19.3 Å². The zero-order valence-electron chi connectivity index (χ0n) is 10.4. The van der Waals surface area contributed by atoms with E-state index in [9.17, 15) is 51.8 Å². The Morgan fingerprint density at radius 1 is 0.421 bits per heavy atom. The van der Waals surface area contributed by atoms with Gasteiger partial charge in [-0.2, -0.15) is 0 Å². The average molecular weight is 343 g/mol. The predicted octanol–water partition coefficient (Wildman–Crippen LogP) is 2.19. The van der Waals surface area contributed by atoms with Crippen molar-refractivity contribution < 1.29 is 105 Å². The first-order valence-electron chi connectivity index (χ1n) is 4.12. The molecule has 0 spiro atoms. The molecule has 1 rings (SSSR count). The fourth-order valence-electron chi connectivity index (χ4n) is 0. The molecule has 1 aliphatic carbocycles. The summed E-state index contributed by atoms with van der Waals surface area (Å²) in [5.41, 5.74) is 0. The van der Waals surface area contributed by atoms with Crippen molar-refractivity contribution in [2.24, 2.45) is 0 Å². The molecule has 1 aliphatic rings. The Balaban J connectivity index is -0.0000000488. The zero-order chi connectivity index (χ0) is 15.6. The van der Waals surface area contributed by atoms with Gasteiger partial charge in [0.2, 0.25) is 0 Å². The first kappa shape index (κ1) is 28.2. The molecule has 0 N–H and O–H groups in total. The van der Waals surface area contributed by atoms with Crippen LogP contribution in [0.4, 0.5) is 51.8 Å². The Labute approximate surface area is 144 Å². The van der Waals surface area contributed by atoms with Crippen molar-refractivity contribution in [3.05, 3.63) is 0 Å². The van der Waals surface area contributed by atoms with E-state index >= 15 is 0 Å². The van der Waals surface area contributed by atoms with Crippen LogP contribution in [-0.4, -0.2) is 21.8 Å². The molecule has 0 aromatic heterocycles. The molecule has 0 atom stereocenters. The molecule has 1 fully saturated rings. The topological polar surface area (TPSA) is 0 Å². The van der Waals surface area contributed by atoms with Crippen LogP contribution < -0.4 is 51.4 Å². The molecular formula is C3H7B3F12K-3. The van der Waals surface area contributed by atoms with Gasteiger partial charge < -0.3 is 53.2 Å². The molecule has 0 saturated heterocycles. The van der Waals surface area contributed by atoms with Crippen LogP contribution in [-0.2, 0) is 0 Å².